The van der Waals surface area contributed by atoms with Crippen LogP contribution in [0.3, 0.4) is 0 Å². The summed E-state index contributed by atoms with van der Waals surface area (Å²) in [5.74, 6) is 1.45. The molecule has 5 rings (SSSR count). The number of rotatable bonds is 10. The number of aromatic nitrogens is 1. The highest BCUT2D eigenvalue weighted by Crippen LogP contribution is 2.45. The topological polar surface area (TPSA) is 60.5 Å². The lowest BCUT2D eigenvalue weighted by molar-refractivity contribution is 0.0993. The number of ketones is 1. The Morgan fingerprint density at radius 2 is 1.83 bits per heavy atom. The molecule has 0 aliphatic heterocycles. The van der Waals surface area contributed by atoms with Gasteiger partial charge in [-0.05, 0) is 65.3 Å². The van der Waals surface area contributed by atoms with E-state index in [2.05, 4.69) is 40.6 Å². The lowest BCUT2D eigenvalue weighted by Crippen LogP contribution is -2.08. The van der Waals surface area contributed by atoms with Gasteiger partial charge in [0.1, 0.15) is 12.4 Å². The Labute approximate surface area is 206 Å². The summed E-state index contributed by atoms with van der Waals surface area (Å²) in [7, 11) is 3.55. The average Bonchev–Trinajstić information content (AvgIpc) is 3.74. The number of pyridine rings is 1. The molecule has 3 aromatic carbocycles. The predicted octanol–water partition coefficient (Wildman–Crippen LogP) is 6.27. The van der Waals surface area contributed by atoms with Crippen molar-refractivity contribution in [2.24, 2.45) is 0 Å². The summed E-state index contributed by atoms with van der Waals surface area (Å²) in [4.78, 5) is 18.0. The van der Waals surface area contributed by atoms with Gasteiger partial charge >= 0.3 is 0 Å². The Bertz CT molecular complexity index is 1350. The number of hydrogen-bond donors (Lipinski definition) is 1. The predicted molar refractivity (Wildman–Crippen MR) is 141 cm³/mol. The molecule has 0 saturated heterocycles. The molecule has 1 heterocycles. The van der Waals surface area contributed by atoms with Gasteiger partial charge in [-0.15, -0.1) is 0 Å². The summed E-state index contributed by atoms with van der Waals surface area (Å²) in [5, 5.41) is 4.20. The summed E-state index contributed by atoms with van der Waals surface area (Å²) in [6, 6.07) is 22.5. The van der Waals surface area contributed by atoms with E-state index in [-0.39, 0.29) is 5.78 Å². The van der Waals surface area contributed by atoms with Crippen LogP contribution in [0.5, 0.6) is 5.75 Å². The highest BCUT2D eigenvalue weighted by atomic mass is 16.5. The van der Waals surface area contributed by atoms with Crippen LogP contribution in [-0.4, -0.2) is 38.1 Å². The first-order chi connectivity index (χ1) is 17.2. The average molecular weight is 467 g/mol. The molecule has 5 heteroatoms. The molecule has 0 amide bonds. The number of ether oxygens (including phenoxy) is 2. The van der Waals surface area contributed by atoms with Gasteiger partial charge in [-0.2, -0.15) is 0 Å². The van der Waals surface area contributed by atoms with E-state index in [1.54, 1.807) is 13.3 Å². The molecule has 0 atom stereocenters. The SMILES string of the molecule is CNc1ccc(-c2ccccc2)cc1CC(=O)c1cnc2cc(OCCOC)c(C3CC3)cc2c1. The van der Waals surface area contributed by atoms with E-state index in [0.717, 1.165) is 39.0 Å². The van der Waals surface area contributed by atoms with E-state index >= 15 is 0 Å². The van der Waals surface area contributed by atoms with Crippen LogP contribution in [0.15, 0.2) is 72.9 Å². The molecule has 5 nitrogen and oxygen atoms in total. The smallest absolute Gasteiger partial charge is 0.168 e. The van der Waals surface area contributed by atoms with E-state index in [1.165, 1.54) is 18.4 Å². The lowest BCUT2D eigenvalue weighted by atomic mass is 9.96. The van der Waals surface area contributed by atoms with E-state index in [4.69, 9.17) is 9.47 Å². The second-order valence-electron chi connectivity index (χ2n) is 9.01. The number of carbonyl (C=O) groups is 1. The van der Waals surface area contributed by atoms with Crippen molar-refractivity contribution >= 4 is 22.4 Å². The zero-order valence-corrected chi connectivity index (χ0v) is 20.2. The number of hydrogen-bond acceptors (Lipinski definition) is 5. The molecular formula is C30H30N2O3. The highest BCUT2D eigenvalue weighted by molar-refractivity contribution is 6.01. The molecule has 1 aliphatic carbocycles. The minimum absolute atomic E-state index is 0.0505. The van der Waals surface area contributed by atoms with Crippen LogP contribution < -0.4 is 10.1 Å². The summed E-state index contributed by atoms with van der Waals surface area (Å²) >= 11 is 0. The fraction of sp³-hybridized carbons (Fsp3) is 0.267. The van der Waals surface area contributed by atoms with E-state index in [0.29, 0.717) is 31.1 Å². The number of benzene rings is 3. The lowest BCUT2D eigenvalue weighted by Gasteiger charge is -2.13. The normalized spacial score (nSPS) is 13.1. The third-order valence-corrected chi connectivity index (χ3v) is 6.53. The van der Waals surface area contributed by atoms with Gasteiger partial charge in [0.25, 0.3) is 0 Å². The number of fused-ring (bicyclic) bond motifs is 1. The summed E-state index contributed by atoms with van der Waals surface area (Å²) < 4.78 is 11.1. The summed E-state index contributed by atoms with van der Waals surface area (Å²) in [6.45, 7) is 1.05. The zero-order chi connectivity index (χ0) is 24.2. The van der Waals surface area contributed by atoms with Crippen molar-refractivity contribution in [3.8, 4) is 16.9 Å². The van der Waals surface area contributed by atoms with Crippen molar-refractivity contribution < 1.29 is 14.3 Å². The molecule has 35 heavy (non-hydrogen) atoms. The van der Waals surface area contributed by atoms with Gasteiger partial charge in [0.05, 0.1) is 12.1 Å². The molecule has 1 aliphatic rings. The Morgan fingerprint density at radius 3 is 2.57 bits per heavy atom. The number of carbonyl (C=O) groups excluding carboxylic acids is 1. The quantitative estimate of drug-likeness (QED) is 0.220. The van der Waals surface area contributed by atoms with Gasteiger partial charge in [-0.3, -0.25) is 9.78 Å². The van der Waals surface area contributed by atoms with E-state index < -0.39 is 0 Å². The van der Waals surface area contributed by atoms with Crippen molar-refractivity contribution in [2.75, 3.05) is 32.7 Å². The first-order valence-corrected chi connectivity index (χ1v) is 12.1. The second-order valence-corrected chi connectivity index (χ2v) is 9.01. The largest absolute Gasteiger partial charge is 0.491 e. The molecule has 0 radical (unpaired) electrons. The first kappa shape index (κ1) is 23.1. The number of Topliss-reactive ketones (excluding diaryl/α,β-unsaturated/α-hetero) is 1. The van der Waals surface area contributed by atoms with Crippen LogP contribution in [0.25, 0.3) is 22.0 Å². The van der Waals surface area contributed by atoms with Crippen molar-refractivity contribution in [3.63, 3.8) is 0 Å². The van der Waals surface area contributed by atoms with Crippen LogP contribution in [0.1, 0.15) is 40.2 Å². The van der Waals surface area contributed by atoms with Crippen LogP contribution in [0.2, 0.25) is 0 Å². The molecular weight excluding hydrogens is 436 g/mol. The monoisotopic (exact) mass is 466 g/mol. The Kier molecular flexibility index (Phi) is 6.77. The molecule has 4 aromatic rings. The molecule has 0 spiro atoms. The highest BCUT2D eigenvalue weighted by Gasteiger charge is 2.27. The Balaban J connectivity index is 1.42. The molecule has 1 fully saturated rings. The molecule has 0 unspecified atom stereocenters. The van der Waals surface area contributed by atoms with Gasteiger partial charge in [0.2, 0.25) is 0 Å². The number of nitrogens with zero attached hydrogens (tertiary/aromatic N) is 1. The fourth-order valence-corrected chi connectivity index (χ4v) is 4.47. The van der Waals surface area contributed by atoms with E-state index in [1.807, 2.05) is 43.4 Å². The van der Waals surface area contributed by atoms with Crippen LogP contribution >= 0.6 is 0 Å². The third-order valence-electron chi connectivity index (χ3n) is 6.53. The van der Waals surface area contributed by atoms with Crippen molar-refractivity contribution in [3.05, 3.63) is 89.6 Å². The maximum Gasteiger partial charge on any atom is 0.168 e. The van der Waals surface area contributed by atoms with E-state index in [9.17, 15) is 4.79 Å². The van der Waals surface area contributed by atoms with Gasteiger partial charge in [-0.1, -0.05) is 36.4 Å². The summed E-state index contributed by atoms with van der Waals surface area (Å²) in [5.41, 5.74) is 6.82. The molecule has 1 aromatic heterocycles. The zero-order valence-electron chi connectivity index (χ0n) is 20.2. The molecule has 0 bridgehead atoms. The third kappa shape index (κ3) is 5.20. The number of nitrogens with one attached hydrogen (secondary N) is 1. The maximum absolute atomic E-state index is 13.3. The molecule has 1 N–H and O–H groups in total. The van der Waals surface area contributed by atoms with Gasteiger partial charge < -0.3 is 14.8 Å². The van der Waals surface area contributed by atoms with Crippen LogP contribution in [-0.2, 0) is 11.2 Å². The van der Waals surface area contributed by atoms with Crippen LogP contribution in [0.4, 0.5) is 5.69 Å². The second kappa shape index (κ2) is 10.3. The van der Waals surface area contributed by atoms with Gasteiger partial charge in [0.15, 0.2) is 5.78 Å². The maximum atomic E-state index is 13.3. The molecule has 178 valence electrons. The standard InChI is InChI=1S/C30H30N2O3/c1-31-27-11-10-22(20-6-4-3-5-7-20)14-24(27)17-29(33)25-15-23-16-26(21-8-9-21)30(35-13-12-34-2)18-28(23)32-19-25/h3-7,10-11,14-16,18-19,21,31H,8-9,12-13,17H2,1-2H3. The van der Waals surface area contributed by atoms with Crippen LogP contribution in [0, 0.1) is 0 Å². The van der Waals surface area contributed by atoms with Crippen molar-refractivity contribution in [1.29, 1.82) is 0 Å². The minimum atomic E-state index is 0.0505. The fourth-order valence-electron chi connectivity index (χ4n) is 4.47. The number of methoxy groups -OCH3 is 1. The van der Waals surface area contributed by atoms with Crippen molar-refractivity contribution in [2.45, 2.75) is 25.2 Å². The minimum Gasteiger partial charge on any atom is -0.491 e. The van der Waals surface area contributed by atoms with Gasteiger partial charge in [0, 0.05) is 49.5 Å². The molecule has 1 saturated carbocycles. The number of anilines is 1. The van der Waals surface area contributed by atoms with Crippen molar-refractivity contribution in [1.82, 2.24) is 4.98 Å². The first-order valence-electron chi connectivity index (χ1n) is 12.1. The summed E-state index contributed by atoms with van der Waals surface area (Å²) in [6.07, 6.45) is 4.32. The Hall–Kier alpha value is -3.70. The Morgan fingerprint density at radius 1 is 1.00 bits per heavy atom. The van der Waals surface area contributed by atoms with Gasteiger partial charge in [-0.25, -0.2) is 0 Å².